The van der Waals surface area contributed by atoms with Gasteiger partial charge in [-0.05, 0) is 130 Å². The second-order valence-corrected chi connectivity index (χ2v) is 15.8. The minimum Gasteiger partial charge on any atom is -0.496 e. The van der Waals surface area contributed by atoms with E-state index in [1.54, 1.807) is 37.4 Å². The lowest BCUT2D eigenvalue weighted by atomic mass is 9.81. The second kappa shape index (κ2) is 22.0. The van der Waals surface area contributed by atoms with Crippen LogP contribution in [0.3, 0.4) is 0 Å². The number of anilines is 1. The van der Waals surface area contributed by atoms with Crippen molar-refractivity contribution in [2.45, 2.75) is 82.1 Å². The van der Waals surface area contributed by atoms with Crippen LogP contribution in [0.4, 0.5) is 23.7 Å². The number of carbonyl (C=O) groups excluding carboxylic acids is 3. The highest BCUT2D eigenvalue weighted by atomic mass is 19.4. The lowest BCUT2D eigenvalue weighted by molar-refractivity contribution is -0.192. The summed E-state index contributed by atoms with van der Waals surface area (Å²) in [7, 11) is 5.79. The van der Waals surface area contributed by atoms with E-state index in [1.165, 1.54) is 0 Å². The number of benzene rings is 3. The van der Waals surface area contributed by atoms with Gasteiger partial charge in [0, 0.05) is 53.3 Å². The lowest BCUT2D eigenvalue weighted by Gasteiger charge is -2.33. The number of ether oxygens (including phenoxy) is 1. The first kappa shape index (κ1) is 47.5. The summed E-state index contributed by atoms with van der Waals surface area (Å²) in [5.41, 5.74) is 4.34. The predicted octanol–water partition coefficient (Wildman–Crippen LogP) is 5.52. The first-order valence-corrected chi connectivity index (χ1v) is 20.5. The number of hydrogen-bond acceptors (Lipinski definition) is 10. The molecule has 2 saturated carbocycles. The van der Waals surface area contributed by atoms with Gasteiger partial charge in [-0.15, -0.1) is 10.2 Å². The maximum atomic E-state index is 13.8. The highest BCUT2D eigenvalue weighted by Gasteiger charge is 2.38. The Labute approximate surface area is 361 Å². The third-order valence-corrected chi connectivity index (χ3v) is 11.3. The molecule has 0 unspecified atom stereocenters. The number of aromatic nitrogens is 4. The van der Waals surface area contributed by atoms with Crippen molar-refractivity contribution < 1.29 is 52.1 Å². The third kappa shape index (κ3) is 14.0. The Morgan fingerprint density at radius 2 is 1.51 bits per heavy atom. The van der Waals surface area contributed by atoms with Crippen molar-refractivity contribution in [2.24, 2.45) is 11.8 Å². The zero-order valence-corrected chi connectivity index (χ0v) is 35.1. The summed E-state index contributed by atoms with van der Waals surface area (Å²) in [5, 5.41) is 41.7. The molecule has 20 heteroatoms. The summed E-state index contributed by atoms with van der Waals surface area (Å²) >= 11 is 0. The number of carboxylic acid groups (broad SMARTS) is 2. The molecule has 0 radical (unpaired) electrons. The molecule has 4 amide bonds. The molecule has 1 atom stereocenters. The molecular weight excluding hydrogens is 828 g/mol. The summed E-state index contributed by atoms with van der Waals surface area (Å²) in [4.78, 5) is 62.7. The van der Waals surface area contributed by atoms with Gasteiger partial charge in [0.2, 0.25) is 17.6 Å². The molecule has 2 fully saturated rings. The van der Waals surface area contributed by atoms with Gasteiger partial charge in [0.15, 0.2) is 0 Å². The minimum atomic E-state index is -5.08. The second-order valence-electron chi connectivity index (χ2n) is 15.8. The van der Waals surface area contributed by atoms with Crippen molar-refractivity contribution in [3.8, 4) is 28.3 Å². The molecule has 17 nitrogen and oxygen atoms in total. The van der Waals surface area contributed by atoms with Crippen LogP contribution >= 0.6 is 0 Å². The van der Waals surface area contributed by atoms with Crippen LogP contribution in [0.15, 0.2) is 66.7 Å². The number of aromatic amines is 1. The first-order chi connectivity index (χ1) is 30.0. The van der Waals surface area contributed by atoms with Crippen LogP contribution in [0.5, 0.6) is 5.75 Å². The van der Waals surface area contributed by atoms with Gasteiger partial charge in [0.05, 0.1) is 7.11 Å². The van der Waals surface area contributed by atoms with E-state index in [0.29, 0.717) is 48.3 Å². The molecule has 6 rings (SSSR count). The topological polar surface area (TPSA) is 241 Å². The zero-order chi connectivity index (χ0) is 45.7. The average molecular weight is 880 g/mol. The van der Waals surface area contributed by atoms with Crippen molar-refractivity contribution in [3.05, 3.63) is 77.9 Å². The van der Waals surface area contributed by atoms with E-state index in [2.05, 4.69) is 60.9 Å². The molecule has 1 heterocycles. The van der Waals surface area contributed by atoms with Crippen molar-refractivity contribution in [1.82, 2.24) is 41.5 Å². The van der Waals surface area contributed by atoms with Crippen molar-refractivity contribution in [1.29, 1.82) is 0 Å². The fourth-order valence-corrected chi connectivity index (χ4v) is 7.71. The Bertz CT molecular complexity index is 2160. The molecule has 1 aromatic heterocycles. The Hall–Kier alpha value is -6.57. The van der Waals surface area contributed by atoms with E-state index >= 15 is 0 Å². The highest BCUT2D eigenvalue weighted by Crippen LogP contribution is 2.32. The van der Waals surface area contributed by atoms with Crippen LogP contribution in [0.1, 0.15) is 67.3 Å². The normalized spacial score (nSPS) is 19.1. The molecule has 2 aliphatic carbocycles. The molecule has 63 heavy (non-hydrogen) atoms. The number of halogens is 3. The Morgan fingerprint density at radius 1 is 0.873 bits per heavy atom. The fourth-order valence-electron chi connectivity index (χ4n) is 7.71. The molecule has 0 saturated heterocycles. The van der Waals surface area contributed by atoms with Gasteiger partial charge < -0.3 is 41.1 Å². The number of nitrogens with zero attached hydrogens (tertiary/aromatic N) is 4. The van der Waals surface area contributed by atoms with Crippen LogP contribution in [0.2, 0.25) is 0 Å². The molecular formula is C43H52F3N9O8. The molecule has 3 aromatic carbocycles. The molecule has 338 valence electrons. The maximum Gasteiger partial charge on any atom is 0.490 e. The fraction of sp³-hybridized carbons (Fsp3) is 0.442. The summed E-state index contributed by atoms with van der Waals surface area (Å²) in [6.45, 7) is 0.361. The Balaban J connectivity index is 0.000000985. The number of alkyl halides is 3. The van der Waals surface area contributed by atoms with Crippen LogP contribution in [-0.4, -0.2) is 118 Å². The average Bonchev–Trinajstić information content (AvgIpc) is 3.81. The number of nitrogens with one attached hydrogen (secondary N) is 5. The number of rotatable bonds is 14. The number of amides is 4. The van der Waals surface area contributed by atoms with E-state index in [4.69, 9.17) is 19.7 Å². The standard InChI is InChI=1S/C41H51N9O6.C2HF3O2/c1-50(2)33-19-17-32(18-20-33)43-39(52)30-14-21-34(36(23-30)56-3)27-8-4-25(5-9-27)22-35(45-38(51)29-10-6-26(7-11-29)24-42-41(54)55)40(53)44-31-15-12-28(13-16-31)37-46-48-49-47-37;3-2(4,5)1(6)7/h4-5,8-9,12-16,21,23,26,29,32-33,35,42H,6-7,10-11,17-20,22,24H2,1-3H3,(H,43,52)(H,44,53)(H,45,51)(H,54,55)(H,46,47,48,49);(H,6,7)/t26?,29?,32?,33?,35-;/m0./s1. The van der Waals surface area contributed by atoms with Gasteiger partial charge in [-0.25, -0.2) is 9.59 Å². The lowest BCUT2D eigenvalue weighted by Crippen LogP contribution is -2.48. The number of methoxy groups -OCH3 is 1. The van der Waals surface area contributed by atoms with Gasteiger partial charge >= 0.3 is 18.2 Å². The van der Waals surface area contributed by atoms with Crippen LogP contribution in [0.25, 0.3) is 22.5 Å². The molecule has 7 N–H and O–H groups in total. The zero-order valence-electron chi connectivity index (χ0n) is 35.1. The summed E-state index contributed by atoms with van der Waals surface area (Å²) in [6, 6.07) is 20.0. The van der Waals surface area contributed by atoms with E-state index in [-0.39, 0.29) is 42.0 Å². The van der Waals surface area contributed by atoms with Gasteiger partial charge in [0.1, 0.15) is 11.8 Å². The van der Waals surface area contributed by atoms with Crippen molar-refractivity contribution in [3.63, 3.8) is 0 Å². The number of carboxylic acids is 1. The quantitative estimate of drug-likeness (QED) is 0.0829. The number of aliphatic carboxylic acids is 1. The Morgan fingerprint density at radius 3 is 2.06 bits per heavy atom. The summed E-state index contributed by atoms with van der Waals surface area (Å²) in [6.07, 6.45) is 0.776. The van der Waals surface area contributed by atoms with Gasteiger partial charge in [0.25, 0.3) is 5.91 Å². The smallest absolute Gasteiger partial charge is 0.490 e. The van der Waals surface area contributed by atoms with E-state index < -0.39 is 24.3 Å². The minimum absolute atomic E-state index is 0.115. The summed E-state index contributed by atoms with van der Waals surface area (Å²) in [5.74, 6) is -2.54. The van der Waals surface area contributed by atoms with Crippen LogP contribution in [0, 0.1) is 11.8 Å². The molecule has 0 spiro atoms. The van der Waals surface area contributed by atoms with Crippen LogP contribution < -0.4 is 26.0 Å². The van der Waals surface area contributed by atoms with Gasteiger partial charge in [-0.2, -0.15) is 18.4 Å². The third-order valence-electron chi connectivity index (χ3n) is 11.3. The number of tetrazole rings is 1. The first-order valence-electron chi connectivity index (χ1n) is 20.5. The van der Waals surface area contributed by atoms with E-state index in [9.17, 15) is 32.3 Å². The molecule has 4 aromatic rings. The summed E-state index contributed by atoms with van der Waals surface area (Å²) < 4.78 is 37.5. The molecule has 0 aliphatic heterocycles. The van der Waals surface area contributed by atoms with Crippen LogP contribution in [-0.2, 0) is 20.8 Å². The number of H-pyrrole nitrogens is 1. The van der Waals surface area contributed by atoms with Crippen molar-refractivity contribution in [2.75, 3.05) is 33.1 Å². The van der Waals surface area contributed by atoms with Gasteiger partial charge in [-0.3, -0.25) is 14.4 Å². The molecule has 2 aliphatic rings. The predicted molar refractivity (Wildman–Crippen MR) is 225 cm³/mol. The highest BCUT2D eigenvalue weighted by molar-refractivity contribution is 5.98. The van der Waals surface area contributed by atoms with E-state index in [1.807, 2.05) is 36.4 Å². The largest absolute Gasteiger partial charge is 0.496 e. The van der Waals surface area contributed by atoms with Crippen molar-refractivity contribution >= 4 is 35.5 Å². The monoisotopic (exact) mass is 879 g/mol. The maximum absolute atomic E-state index is 13.8. The van der Waals surface area contributed by atoms with Gasteiger partial charge in [-0.1, -0.05) is 24.3 Å². The Kier molecular flexibility index (Phi) is 16.6. The SMILES string of the molecule is COc1cc(C(=O)NC2CCC(N(C)C)CC2)ccc1-c1ccc(C[C@H](NC(=O)C2CCC(CNC(=O)O)CC2)C(=O)Nc2ccc(-c3nn[nH]n3)cc2)cc1.O=C(O)C(F)(F)F. The number of hydrogen-bond donors (Lipinski definition) is 7. The molecule has 0 bridgehead atoms. The van der Waals surface area contributed by atoms with E-state index in [0.717, 1.165) is 60.8 Å². The number of carbonyl (C=O) groups is 5.